The number of halogens is 1. The number of nitrogens with one attached hydrogen (secondary N) is 1. The third-order valence-corrected chi connectivity index (χ3v) is 3.46. The molecule has 0 bridgehead atoms. The summed E-state index contributed by atoms with van der Waals surface area (Å²) in [6, 6.07) is 5.92. The van der Waals surface area contributed by atoms with Crippen molar-refractivity contribution in [1.29, 1.82) is 0 Å². The summed E-state index contributed by atoms with van der Waals surface area (Å²) in [5.74, 6) is 1.85. The number of aromatic nitrogens is 2. The lowest BCUT2D eigenvalue weighted by molar-refractivity contribution is 0.455. The molecule has 0 amide bonds. The van der Waals surface area contributed by atoms with E-state index in [1.807, 2.05) is 25.1 Å². The van der Waals surface area contributed by atoms with Crippen LogP contribution in [0.25, 0.3) is 0 Å². The number of aryl methyl sites for hydroxylation is 1. The molecule has 0 aliphatic heterocycles. The largest absolute Gasteiger partial charge is 0.436 e. The van der Waals surface area contributed by atoms with Gasteiger partial charge in [0.15, 0.2) is 0 Å². The van der Waals surface area contributed by atoms with Gasteiger partial charge in [0.25, 0.3) is 0 Å². The summed E-state index contributed by atoms with van der Waals surface area (Å²) in [4.78, 5) is 8.64. The second-order valence-corrected chi connectivity index (χ2v) is 6.26. The van der Waals surface area contributed by atoms with Crippen molar-refractivity contribution in [2.75, 3.05) is 6.54 Å². The summed E-state index contributed by atoms with van der Waals surface area (Å²) in [7, 11) is 0. The number of hydrogen-bond acceptors (Lipinski definition) is 4. The Hall–Kier alpha value is -1.46. The minimum atomic E-state index is 0.493. The molecule has 0 aliphatic carbocycles. The lowest BCUT2D eigenvalue weighted by Gasteiger charge is -2.09. The Morgan fingerprint density at radius 3 is 2.67 bits per heavy atom. The van der Waals surface area contributed by atoms with E-state index >= 15 is 0 Å². The van der Waals surface area contributed by atoms with Crippen LogP contribution in [0.5, 0.6) is 11.6 Å². The lowest BCUT2D eigenvalue weighted by atomic mass is 10.2. The van der Waals surface area contributed by atoms with Crippen LogP contribution in [0.2, 0.25) is 0 Å². The minimum Gasteiger partial charge on any atom is -0.436 e. The Morgan fingerprint density at radius 1 is 1.24 bits per heavy atom. The van der Waals surface area contributed by atoms with E-state index in [2.05, 4.69) is 45.1 Å². The van der Waals surface area contributed by atoms with Crippen molar-refractivity contribution in [1.82, 2.24) is 15.3 Å². The smallest absolute Gasteiger partial charge is 0.237 e. The number of hydrogen-bond donors (Lipinski definition) is 1. The number of nitrogens with zero attached hydrogens (tertiary/aromatic N) is 2. The SMILES string of the molecule is Cc1ccc(Oc2cnc(CNCC(C)C)cn2)c(Br)c1. The molecular weight excluding hydrogens is 330 g/mol. The van der Waals surface area contributed by atoms with E-state index in [-0.39, 0.29) is 0 Å². The van der Waals surface area contributed by atoms with Gasteiger partial charge in [0.05, 0.1) is 22.6 Å². The molecule has 0 fully saturated rings. The quantitative estimate of drug-likeness (QED) is 0.853. The highest BCUT2D eigenvalue weighted by molar-refractivity contribution is 9.10. The topological polar surface area (TPSA) is 47.0 Å². The highest BCUT2D eigenvalue weighted by atomic mass is 79.9. The zero-order valence-corrected chi connectivity index (χ0v) is 14.1. The molecule has 1 heterocycles. The van der Waals surface area contributed by atoms with E-state index in [1.54, 1.807) is 12.4 Å². The standard InChI is InChI=1S/C16H20BrN3O/c1-11(2)7-18-8-13-9-20-16(10-19-13)21-15-5-4-12(3)6-14(15)17/h4-6,9-11,18H,7-8H2,1-3H3. The molecule has 2 aromatic rings. The second-order valence-electron chi connectivity index (χ2n) is 5.41. The Labute approximate surface area is 134 Å². The average Bonchev–Trinajstić information content (AvgIpc) is 2.43. The summed E-state index contributed by atoms with van der Waals surface area (Å²) in [5.41, 5.74) is 2.08. The van der Waals surface area contributed by atoms with Gasteiger partial charge in [-0.25, -0.2) is 4.98 Å². The Morgan fingerprint density at radius 2 is 2.05 bits per heavy atom. The van der Waals surface area contributed by atoms with E-state index in [0.717, 1.165) is 29.0 Å². The van der Waals surface area contributed by atoms with Crippen molar-refractivity contribution in [3.05, 3.63) is 46.3 Å². The number of benzene rings is 1. The summed E-state index contributed by atoms with van der Waals surface area (Å²) in [6.45, 7) is 8.08. The van der Waals surface area contributed by atoms with Gasteiger partial charge < -0.3 is 10.1 Å². The van der Waals surface area contributed by atoms with E-state index in [9.17, 15) is 0 Å². The summed E-state index contributed by atoms with van der Waals surface area (Å²) in [5, 5.41) is 3.33. The minimum absolute atomic E-state index is 0.493. The third-order valence-electron chi connectivity index (χ3n) is 2.84. The monoisotopic (exact) mass is 349 g/mol. The maximum Gasteiger partial charge on any atom is 0.237 e. The normalized spacial score (nSPS) is 10.9. The van der Waals surface area contributed by atoms with Crippen LogP contribution in [0.1, 0.15) is 25.1 Å². The maximum absolute atomic E-state index is 5.72. The van der Waals surface area contributed by atoms with Crippen LogP contribution in [0.15, 0.2) is 35.1 Å². The maximum atomic E-state index is 5.72. The molecule has 0 radical (unpaired) electrons. The van der Waals surface area contributed by atoms with E-state index in [0.29, 0.717) is 11.8 Å². The van der Waals surface area contributed by atoms with E-state index in [4.69, 9.17) is 4.74 Å². The summed E-state index contributed by atoms with van der Waals surface area (Å²) < 4.78 is 6.63. The van der Waals surface area contributed by atoms with Crippen LogP contribution in [0.3, 0.4) is 0 Å². The highest BCUT2D eigenvalue weighted by Crippen LogP contribution is 2.29. The molecule has 1 aromatic carbocycles. The number of rotatable bonds is 6. The first-order valence-corrected chi connectivity index (χ1v) is 7.79. The van der Waals surface area contributed by atoms with Gasteiger partial charge >= 0.3 is 0 Å². The van der Waals surface area contributed by atoms with Gasteiger partial charge in [0, 0.05) is 6.54 Å². The molecule has 1 N–H and O–H groups in total. The van der Waals surface area contributed by atoms with Crippen LogP contribution in [0.4, 0.5) is 0 Å². The molecule has 4 nitrogen and oxygen atoms in total. The molecular formula is C16H20BrN3O. The first-order chi connectivity index (χ1) is 10.0. The predicted molar refractivity (Wildman–Crippen MR) is 87.5 cm³/mol. The van der Waals surface area contributed by atoms with Gasteiger partial charge in [0.2, 0.25) is 5.88 Å². The average molecular weight is 350 g/mol. The first-order valence-electron chi connectivity index (χ1n) is 7.00. The molecule has 1 aromatic heterocycles. The Balaban J connectivity index is 1.95. The van der Waals surface area contributed by atoms with E-state index in [1.165, 1.54) is 5.56 Å². The molecule has 21 heavy (non-hydrogen) atoms. The third kappa shape index (κ3) is 5.10. The van der Waals surface area contributed by atoms with Crippen LogP contribution < -0.4 is 10.1 Å². The zero-order valence-electron chi connectivity index (χ0n) is 12.6. The lowest BCUT2D eigenvalue weighted by Crippen LogP contribution is -2.19. The van der Waals surface area contributed by atoms with Crippen LogP contribution in [0, 0.1) is 12.8 Å². The van der Waals surface area contributed by atoms with E-state index < -0.39 is 0 Å². The first kappa shape index (κ1) is 15.9. The van der Waals surface area contributed by atoms with Gasteiger partial charge in [-0.15, -0.1) is 0 Å². The molecule has 2 rings (SSSR count). The fourth-order valence-corrected chi connectivity index (χ4v) is 2.35. The van der Waals surface area contributed by atoms with Crippen molar-refractivity contribution < 1.29 is 4.74 Å². The molecule has 0 saturated carbocycles. The molecule has 0 aliphatic rings. The molecule has 0 spiro atoms. The van der Waals surface area contributed by atoms with Crippen molar-refractivity contribution in [2.45, 2.75) is 27.3 Å². The summed E-state index contributed by atoms with van der Waals surface area (Å²) >= 11 is 3.48. The summed E-state index contributed by atoms with van der Waals surface area (Å²) in [6.07, 6.45) is 3.39. The van der Waals surface area contributed by atoms with Crippen LogP contribution in [-0.2, 0) is 6.54 Å². The van der Waals surface area contributed by atoms with Crippen molar-refractivity contribution >= 4 is 15.9 Å². The van der Waals surface area contributed by atoms with Gasteiger partial charge in [-0.1, -0.05) is 19.9 Å². The predicted octanol–water partition coefficient (Wildman–Crippen LogP) is 4.09. The van der Waals surface area contributed by atoms with Gasteiger partial charge in [0.1, 0.15) is 5.75 Å². The molecule has 0 unspecified atom stereocenters. The Bertz CT molecular complexity index is 585. The molecule has 0 saturated heterocycles. The van der Waals surface area contributed by atoms with Crippen LogP contribution in [-0.4, -0.2) is 16.5 Å². The van der Waals surface area contributed by atoms with Gasteiger partial charge in [-0.2, -0.15) is 0 Å². The van der Waals surface area contributed by atoms with Gasteiger partial charge in [-0.3, -0.25) is 4.98 Å². The fraction of sp³-hybridized carbons (Fsp3) is 0.375. The van der Waals surface area contributed by atoms with Gasteiger partial charge in [-0.05, 0) is 53.0 Å². The van der Waals surface area contributed by atoms with Crippen molar-refractivity contribution in [2.24, 2.45) is 5.92 Å². The molecule has 112 valence electrons. The fourth-order valence-electron chi connectivity index (χ4n) is 1.78. The molecule has 5 heteroatoms. The molecule has 0 atom stereocenters. The van der Waals surface area contributed by atoms with Crippen molar-refractivity contribution in [3.8, 4) is 11.6 Å². The highest BCUT2D eigenvalue weighted by Gasteiger charge is 2.05. The Kier molecular flexibility index (Phi) is 5.70. The van der Waals surface area contributed by atoms with Crippen LogP contribution >= 0.6 is 15.9 Å². The van der Waals surface area contributed by atoms with Crippen molar-refractivity contribution in [3.63, 3.8) is 0 Å². The second kappa shape index (κ2) is 7.52. The number of ether oxygens (including phenoxy) is 1. The zero-order chi connectivity index (χ0) is 15.2.